The van der Waals surface area contributed by atoms with Gasteiger partial charge in [-0.05, 0) is 12.1 Å². The number of H-pyrrole nitrogens is 1. The van der Waals surface area contributed by atoms with Crippen molar-refractivity contribution in [3.63, 3.8) is 0 Å². The first kappa shape index (κ1) is 13.7. The number of fused-ring (bicyclic) bond motifs is 1. The number of ether oxygens (including phenoxy) is 1. The lowest BCUT2D eigenvalue weighted by atomic mass is 10.2. The molecular weight excluding hydrogens is 294 g/mol. The molecule has 1 heterocycles. The van der Waals surface area contributed by atoms with Crippen molar-refractivity contribution in [1.82, 2.24) is 4.98 Å². The van der Waals surface area contributed by atoms with E-state index in [1.165, 1.54) is 19.2 Å². The number of aromatic hydroxyl groups is 1. The highest BCUT2D eigenvalue weighted by molar-refractivity contribution is 7.90. The highest BCUT2D eigenvalue weighted by Crippen LogP contribution is 2.34. The minimum atomic E-state index is -3.85. The quantitative estimate of drug-likeness (QED) is 0.871. The average Bonchev–Trinajstić information content (AvgIpc) is 2.26. The highest BCUT2D eigenvalue weighted by atomic mass is 35.5. The fourth-order valence-corrected chi connectivity index (χ4v) is 2.85. The Labute approximate surface area is 113 Å². The van der Waals surface area contributed by atoms with E-state index >= 15 is 0 Å². The Morgan fingerprint density at radius 2 is 2.00 bits per heavy atom. The minimum absolute atomic E-state index is 0.140. The van der Waals surface area contributed by atoms with Crippen molar-refractivity contribution in [2.24, 2.45) is 0 Å². The molecule has 0 aliphatic carbocycles. The van der Waals surface area contributed by atoms with E-state index in [2.05, 4.69) is 4.98 Å². The molecule has 0 spiro atoms. The van der Waals surface area contributed by atoms with Gasteiger partial charge in [0, 0.05) is 11.6 Å². The lowest BCUT2D eigenvalue weighted by Crippen LogP contribution is -2.17. The fourth-order valence-electron chi connectivity index (χ4n) is 1.76. The van der Waals surface area contributed by atoms with E-state index in [1.54, 1.807) is 0 Å². The van der Waals surface area contributed by atoms with Gasteiger partial charge in [-0.15, -0.1) is 0 Å². The molecule has 0 radical (unpaired) electrons. The third-order valence-electron chi connectivity index (χ3n) is 2.59. The molecule has 1 aromatic heterocycles. The zero-order valence-corrected chi connectivity index (χ0v) is 11.6. The van der Waals surface area contributed by atoms with Crippen LogP contribution in [0.2, 0.25) is 5.02 Å². The number of hydrogen-bond donors (Lipinski definition) is 2. The Balaban J connectivity index is 2.99. The van der Waals surface area contributed by atoms with E-state index in [0.29, 0.717) is 0 Å². The molecule has 0 fully saturated rings. The maximum absolute atomic E-state index is 11.7. The number of methoxy groups -OCH3 is 1. The topological polar surface area (TPSA) is 96.5 Å². The molecule has 19 heavy (non-hydrogen) atoms. The lowest BCUT2D eigenvalue weighted by Gasteiger charge is -2.09. The van der Waals surface area contributed by atoms with E-state index in [4.69, 9.17) is 16.3 Å². The Hall–Kier alpha value is -1.73. The molecule has 2 aromatic rings. The van der Waals surface area contributed by atoms with Crippen LogP contribution in [0.3, 0.4) is 0 Å². The molecule has 1 aromatic carbocycles. The fraction of sp³-hybridized carbons (Fsp3) is 0.182. The summed E-state index contributed by atoms with van der Waals surface area (Å²) in [6.45, 7) is 0. The molecule has 102 valence electrons. The minimum Gasteiger partial charge on any atom is -0.506 e. The second-order valence-corrected chi connectivity index (χ2v) is 6.30. The van der Waals surface area contributed by atoms with Crippen molar-refractivity contribution in [1.29, 1.82) is 0 Å². The Kier molecular flexibility index (Phi) is 3.19. The first-order valence-electron chi connectivity index (χ1n) is 5.08. The maximum Gasteiger partial charge on any atom is 0.271 e. The number of aromatic amines is 1. The molecule has 0 aliphatic heterocycles. The van der Waals surface area contributed by atoms with Crippen molar-refractivity contribution < 1.29 is 18.3 Å². The van der Waals surface area contributed by atoms with E-state index in [9.17, 15) is 18.3 Å². The number of aromatic nitrogens is 1. The SMILES string of the molecule is COc1cc2c(O)c(S(C)(=O)=O)c(=O)[nH]c2cc1Cl. The first-order valence-corrected chi connectivity index (χ1v) is 7.35. The van der Waals surface area contributed by atoms with E-state index < -0.39 is 26.0 Å². The van der Waals surface area contributed by atoms with Crippen LogP contribution in [0.15, 0.2) is 21.8 Å². The first-order chi connectivity index (χ1) is 8.75. The zero-order valence-electron chi connectivity index (χ0n) is 10.0. The maximum atomic E-state index is 11.7. The van der Waals surface area contributed by atoms with Crippen LogP contribution < -0.4 is 10.3 Å². The van der Waals surface area contributed by atoms with Gasteiger partial charge in [0.25, 0.3) is 5.56 Å². The Bertz CT molecular complexity index is 825. The number of nitrogens with one attached hydrogen (secondary N) is 1. The molecule has 0 aliphatic rings. The van der Waals surface area contributed by atoms with Gasteiger partial charge < -0.3 is 14.8 Å². The van der Waals surface area contributed by atoms with Gasteiger partial charge in [0.2, 0.25) is 0 Å². The Morgan fingerprint density at radius 1 is 1.37 bits per heavy atom. The summed E-state index contributed by atoms with van der Waals surface area (Å²) in [6, 6.07) is 2.74. The summed E-state index contributed by atoms with van der Waals surface area (Å²) in [5.74, 6) is -0.354. The zero-order chi connectivity index (χ0) is 14.4. The molecule has 6 nitrogen and oxygen atoms in total. The second-order valence-electron chi connectivity index (χ2n) is 3.94. The molecule has 0 bridgehead atoms. The predicted octanol–water partition coefficient (Wildman–Crippen LogP) is 1.30. The van der Waals surface area contributed by atoms with Crippen LogP contribution in [0.4, 0.5) is 0 Å². The van der Waals surface area contributed by atoms with Gasteiger partial charge in [0.15, 0.2) is 14.7 Å². The normalized spacial score (nSPS) is 11.7. The van der Waals surface area contributed by atoms with Crippen LogP contribution in [0.1, 0.15) is 0 Å². The summed E-state index contributed by atoms with van der Waals surface area (Å²) >= 11 is 5.89. The molecule has 8 heteroatoms. The van der Waals surface area contributed by atoms with Crippen LogP contribution in [-0.4, -0.2) is 31.9 Å². The van der Waals surface area contributed by atoms with Gasteiger partial charge in [-0.3, -0.25) is 4.79 Å². The summed E-state index contributed by atoms with van der Waals surface area (Å²) in [7, 11) is -2.47. The monoisotopic (exact) mass is 303 g/mol. The van der Waals surface area contributed by atoms with Gasteiger partial charge in [-0.1, -0.05) is 11.6 Å². The van der Waals surface area contributed by atoms with E-state index in [-0.39, 0.29) is 21.7 Å². The number of halogens is 1. The molecule has 0 saturated heterocycles. The largest absolute Gasteiger partial charge is 0.506 e. The van der Waals surface area contributed by atoms with Crippen LogP contribution in [0.25, 0.3) is 10.9 Å². The summed E-state index contributed by atoms with van der Waals surface area (Å²) < 4.78 is 28.0. The molecular formula is C11H10ClNO5S. The van der Waals surface area contributed by atoms with Crippen molar-refractivity contribution >= 4 is 32.3 Å². The van der Waals surface area contributed by atoms with Gasteiger partial charge in [-0.25, -0.2) is 8.42 Å². The number of rotatable bonds is 2. The number of hydrogen-bond acceptors (Lipinski definition) is 5. The van der Waals surface area contributed by atoms with Crippen LogP contribution in [0.5, 0.6) is 11.5 Å². The summed E-state index contributed by atoms with van der Waals surface area (Å²) in [6.07, 6.45) is 0.844. The molecule has 0 unspecified atom stereocenters. The van der Waals surface area contributed by atoms with Crippen molar-refractivity contribution in [3.8, 4) is 11.5 Å². The van der Waals surface area contributed by atoms with E-state index in [1.807, 2.05) is 0 Å². The molecule has 2 N–H and O–H groups in total. The molecule has 0 atom stereocenters. The molecule has 0 amide bonds. The number of pyridine rings is 1. The van der Waals surface area contributed by atoms with E-state index in [0.717, 1.165) is 6.26 Å². The highest BCUT2D eigenvalue weighted by Gasteiger charge is 2.21. The summed E-state index contributed by atoms with van der Waals surface area (Å²) in [5, 5.41) is 10.4. The third kappa shape index (κ3) is 2.26. The van der Waals surface area contributed by atoms with Crippen molar-refractivity contribution in [3.05, 3.63) is 27.5 Å². The van der Waals surface area contributed by atoms with Crippen molar-refractivity contribution in [2.75, 3.05) is 13.4 Å². The van der Waals surface area contributed by atoms with Gasteiger partial charge in [-0.2, -0.15) is 0 Å². The smallest absolute Gasteiger partial charge is 0.271 e. The van der Waals surface area contributed by atoms with Crippen LogP contribution in [-0.2, 0) is 9.84 Å². The number of sulfone groups is 1. The standard InChI is InChI=1S/C11H10ClNO5S/c1-18-8-3-5-7(4-6(8)12)13-11(15)10(9(5)14)19(2,16)17/h3-4H,1-2H3,(H2,13,14,15). The predicted molar refractivity (Wildman–Crippen MR) is 70.9 cm³/mol. The van der Waals surface area contributed by atoms with Gasteiger partial charge in [0.1, 0.15) is 11.5 Å². The second kappa shape index (κ2) is 4.43. The third-order valence-corrected chi connectivity index (χ3v) is 4.00. The Morgan fingerprint density at radius 3 is 2.53 bits per heavy atom. The average molecular weight is 304 g/mol. The molecule has 2 rings (SSSR count). The molecule has 0 saturated carbocycles. The van der Waals surface area contributed by atoms with Gasteiger partial charge >= 0.3 is 0 Å². The lowest BCUT2D eigenvalue weighted by molar-refractivity contribution is 0.415. The number of benzene rings is 1. The summed E-state index contributed by atoms with van der Waals surface area (Å²) in [4.78, 5) is 13.4. The van der Waals surface area contributed by atoms with Crippen LogP contribution >= 0.6 is 11.6 Å². The van der Waals surface area contributed by atoms with Crippen molar-refractivity contribution in [2.45, 2.75) is 4.90 Å². The van der Waals surface area contributed by atoms with Gasteiger partial charge in [0.05, 0.1) is 17.6 Å². The van der Waals surface area contributed by atoms with Crippen LogP contribution in [0, 0.1) is 0 Å². The summed E-state index contributed by atoms with van der Waals surface area (Å²) in [5.41, 5.74) is -0.672.